The number of carbonyl (C=O) groups is 2. The first kappa shape index (κ1) is 12.4. The van der Waals surface area contributed by atoms with E-state index in [1.165, 1.54) is 42.9 Å². The van der Waals surface area contributed by atoms with Crippen LogP contribution in [0.3, 0.4) is 0 Å². The minimum atomic E-state index is -1.03. The SMILES string of the molecule is O=C(O)c1ccco1.O=C(O)c1ccncc1. The minimum Gasteiger partial charge on any atom is -0.478 e. The molecule has 0 aliphatic rings. The molecule has 0 saturated heterocycles. The maximum Gasteiger partial charge on any atom is 0.371 e. The highest BCUT2D eigenvalue weighted by Crippen LogP contribution is 1.97. The van der Waals surface area contributed by atoms with Crippen molar-refractivity contribution in [1.82, 2.24) is 4.98 Å². The van der Waals surface area contributed by atoms with Crippen LogP contribution in [0.1, 0.15) is 20.9 Å². The van der Waals surface area contributed by atoms with Crippen LogP contribution in [0.4, 0.5) is 0 Å². The standard InChI is InChI=1S/C6H5NO2.C5H4O3/c8-6(9)5-1-3-7-4-2-5;6-5(7)4-2-1-3-8-4/h1-4H,(H,8,9);1-3H,(H,6,7). The van der Waals surface area contributed by atoms with E-state index in [1.807, 2.05) is 0 Å². The lowest BCUT2D eigenvalue weighted by molar-refractivity contribution is 0.0659. The molecule has 2 heterocycles. The summed E-state index contributed by atoms with van der Waals surface area (Å²) >= 11 is 0. The van der Waals surface area contributed by atoms with Gasteiger partial charge in [0.05, 0.1) is 11.8 Å². The van der Waals surface area contributed by atoms with Crippen LogP contribution in [0.5, 0.6) is 0 Å². The number of hydrogen-bond acceptors (Lipinski definition) is 4. The van der Waals surface area contributed by atoms with Crippen molar-refractivity contribution >= 4 is 11.9 Å². The van der Waals surface area contributed by atoms with E-state index >= 15 is 0 Å². The molecule has 0 aliphatic carbocycles. The summed E-state index contributed by atoms with van der Waals surface area (Å²) < 4.78 is 4.50. The van der Waals surface area contributed by atoms with Gasteiger partial charge in [-0.05, 0) is 24.3 Å². The molecule has 0 aromatic carbocycles. The number of nitrogens with zero attached hydrogens (tertiary/aromatic N) is 1. The first-order valence-corrected chi connectivity index (χ1v) is 4.51. The van der Waals surface area contributed by atoms with Crippen LogP contribution in [0, 0.1) is 0 Å². The second kappa shape index (κ2) is 6.06. The Morgan fingerprint density at radius 1 is 1.06 bits per heavy atom. The monoisotopic (exact) mass is 235 g/mol. The lowest BCUT2D eigenvalue weighted by Gasteiger charge is -1.87. The van der Waals surface area contributed by atoms with Crippen LogP contribution < -0.4 is 0 Å². The zero-order chi connectivity index (χ0) is 12.7. The lowest BCUT2D eigenvalue weighted by atomic mass is 10.3. The summed E-state index contributed by atoms with van der Waals surface area (Å²) in [4.78, 5) is 23.8. The molecule has 0 amide bonds. The van der Waals surface area contributed by atoms with E-state index < -0.39 is 11.9 Å². The molecule has 0 spiro atoms. The van der Waals surface area contributed by atoms with Gasteiger partial charge in [-0.15, -0.1) is 0 Å². The molecule has 0 aliphatic heterocycles. The Labute approximate surface area is 96.1 Å². The summed E-state index contributed by atoms with van der Waals surface area (Å²) in [7, 11) is 0. The molecular weight excluding hydrogens is 226 g/mol. The van der Waals surface area contributed by atoms with Crippen molar-refractivity contribution in [1.29, 1.82) is 0 Å². The van der Waals surface area contributed by atoms with Crippen molar-refractivity contribution in [3.05, 3.63) is 54.2 Å². The molecule has 0 atom stereocenters. The number of pyridine rings is 1. The second-order valence-corrected chi connectivity index (χ2v) is 2.82. The molecule has 2 rings (SSSR count). The first-order valence-electron chi connectivity index (χ1n) is 4.51. The van der Waals surface area contributed by atoms with Gasteiger partial charge in [-0.2, -0.15) is 0 Å². The van der Waals surface area contributed by atoms with Gasteiger partial charge in [0.1, 0.15) is 0 Å². The normalized spacial score (nSPS) is 8.94. The van der Waals surface area contributed by atoms with Crippen LogP contribution in [0.25, 0.3) is 0 Å². The van der Waals surface area contributed by atoms with Crippen LogP contribution in [0.15, 0.2) is 47.3 Å². The van der Waals surface area contributed by atoms with E-state index in [1.54, 1.807) is 0 Å². The summed E-state index contributed by atoms with van der Waals surface area (Å²) in [5.41, 5.74) is 0.269. The summed E-state index contributed by atoms with van der Waals surface area (Å²) in [5, 5.41) is 16.5. The lowest BCUT2D eigenvalue weighted by Crippen LogP contribution is -1.94. The summed E-state index contributed by atoms with van der Waals surface area (Å²) in [6.07, 6.45) is 4.22. The number of carboxylic acids is 2. The van der Waals surface area contributed by atoms with Crippen molar-refractivity contribution in [2.75, 3.05) is 0 Å². The maximum atomic E-state index is 10.2. The molecule has 6 heteroatoms. The highest BCUT2D eigenvalue weighted by atomic mass is 16.4. The smallest absolute Gasteiger partial charge is 0.371 e. The molecule has 2 aromatic rings. The van der Waals surface area contributed by atoms with Gasteiger partial charge < -0.3 is 14.6 Å². The Morgan fingerprint density at radius 3 is 2.00 bits per heavy atom. The second-order valence-electron chi connectivity index (χ2n) is 2.82. The molecular formula is C11H9NO5. The third kappa shape index (κ3) is 4.17. The van der Waals surface area contributed by atoms with E-state index in [-0.39, 0.29) is 11.3 Å². The molecule has 0 radical (unpaired) electrons. The Morgan fingerprint density at radius 2 is 1.71 bits per heavy atom. The Bertz CT molecular complexity index is 478. The molecule has 0 saturated carbocycles. The number of carboxylic acid groups (broad SMARTS) is 2. The summed E-state index contributed by atoms with van der Waals surface area (Å²) in [6, 6.07) is 5.82. The van der Waals surface area contributed by atoms with Gasteiger partial charge in [0.2, 0.25) is 5.76 Å². The van der Waals surface area contributed by atoms with Gasteiger partial charge in [-0.1, -0.05) is 0 Å². The Balaban J connectivity index is 0.000000171. The average Bonchev–Trinajstić information content (AvgIpc) is 2.84. The van der Waals surface area contributed by atoms with Crippen molar-refractivity contribution in [2.45, 2.75) is 0 Å². The van der Waals surface area contributed by atoms with Crippen LogP contribution >= 0.6 is 0 Å². The third-order valence-electron chi connectivity index (χ3n) is 1.66. The Hall–Kier alpha value is -2.63. The quantitative estimate of drug-likeness (QED) is 0.822. The van der Waals surface area contributed by atoms with E-state index in [0.717, 1.165) is 0 Å². The minimum absolute atomic E-state index is 0.0231. The van der Waals surface area contributed by atoms with Gasteiger partial charge in [0.25, 0.3) is 0 Å². The van der Waals surface area contributed by atoms with Gasteiger partial charge in [-0.3, -0.25) is 4.98 Å². The van der Waals surface area contributed by atoms with Crippen molar-refractivity contribution in [3.63, 3.8) is 0 Å². The predicted octanol–water partition coefficient (Wildman–Crippen LogP) is 1.76. The van der Waals surface area contributed by atoms with Gasteiger partial charge in [0.15, 0.2) is 0 Å². The van der Waals surface area contributed by atoms with Crippen molar-refractivity contribution in [2.24, 2.45) is 0 Å². The molecule has 0 bridgehead atoms. The Kier molecular flexibility index (Phi) is 4.44. The molecule has 88 valence electrons. The fourth-order valence-corrected chi connectivity index (χ4v) is 0.895. The molecule has 2 aromatic heterocycles. The van der Waals surface area contributed by atoms with Crippen LogP contribution in [0.2, 0.25) is 0 Å². The molecule has 17 heavy (non-hydrogen) atoms. The molecule has 0 fully saturated rings. The van der Waals surface area contributed by atoms with Gasteiger partial charge >= 0.3 is 11.9 Å². The fourth-order valence-electron chi connectivity index (χ4n) is 0.895. The highest BCUT2D eigenvalue weighted by Gasteiger charge is 2.01. The average molecular weight is 235 g/mol. The van der Waals surface area contributed by atoms with Crippen molar-refractivity contribution in [3.8, 4) is 0 Å². The van der Waals surface area contributed by atoms with Gasteiger partial charge in [0, 0.05) is 12.4 Å². The van der Waals surface area contributed by atoms with Gasteiger partial charge in [-0.25, -0.2) is 9.59 Å². The largest absolute Gasteiger partial charge is 0.478 e. The van der Waals surface area contributed by atoms with Crippen LogP contribution in [-0.4, -0.2) is 27.1 Å². The van der Waals surface area contributed by atoms with Crippen molar-refractivity contribution < 1.29 is 24.2 Å². The summed E-state index contributed by atoms with van der Waals surface area (Å²) in [5.74, 6) is -1.97. The number of aromatic carboxylic acids is 2. The maximum absolute atomic E-state index is 10.2. The zero-order valence-corrected chi connectivity index (χ0v) is 8.61. The number of aromatic nitrogens is 1. The van der Waals surface area contributed by atoms with E-state index in [4.69, 9.17) is 10.2 Å². The number of hydrogen-bond donors (Lipinski definition) is 2. The van der Waals surface area contributed by atoms with E-state index in [9.17, 15) is 9.59 Å². The highest BCUT2D eigenvalue weighted by molar-refractivity contribution is 5.87. The molecule has 6 nitrogen and oxygen atoms in total. The molecule has 2 N–H and O–H groups in total. The summed E-state index contributed by atoms with van der Waals surface area (Å²) in [6.45, 7) is 0. The van der Waals surface area contributed by atoms with Crippen LogP contribution in [-0.2, 0) is 0 Å². The molecule has 0 unspecified atom stereocenters. The van der Waals surface area contributed by atoms with E-state index in [2.05, 4.69) is 9.40 Å². The third-order valence-corrected chi connectivity index (χ3v) is 1.66. The fraction of sp³-hybridized carbons (Fsp3) is 0. The topological polar surface area (TPSA) is 101 Å². The number of rotatable bonds is 2. The first-order chi connectivity index (χ1) is 8.11. The zero-order valence-electron chi connectivity index (χ0n) is 8.61. The number of furan rings is 1. The van der Waals surface area contributed by atoms with E-state index in [0.29, 0.717) is 0 Å². The predicted molar refractivity (Wildman–Crippen MR) is 56.9 cm³/mol.